The molecule has 1 N–H and O–H groups in total. The van der Waals surface area contributed by atoms with Crippen LogP contribution in [0.5, 0.6) is 5.75 Å². The lowest BCUT2D eigenvalue weighted by Crippen LogP contribution is -2.47. The molecule has 1 saturated heterocycles. The zero-order chi connectivity index (χ0) is 22.8. The smallest absolute Gasteiger partial charge is 0.246 e. The number of rotatable bonds is 9. The number of terminal acetylenes is 1. The molecule has 0 aromatic heterocycles. The number of methoxy groups -OCH3 is 1. The van der Waals surface area contributed by atoms with Crippen molar-refractivity contribution in [2.24, 2.45) is 4.99 Å². The van der Waals surface area contributed by atoms with Gasteiger partial charge in [-0.05, 0) is 37.7 Å². The summed E-state index contributed by atoms with van der Waals surface area (Å²) in [4.78, 5) is 21.1. The summed E-state index contributed by atoms with van der Waals surface area (Å²) >= 11 is 3.37. The minimum absolute atomic E-state index is 0.0274. The Morgan fingerprint density at radius 1 is 1.35 bits per heavy atom. The van der Waals surface area contributed by atoms with Gasteiger partial charge in [-0.3, -0.25) is 4.79 Å². The van der Waals surface area contributed by atoms with Gasteiger partial charge in [-0.1, -0.05) is 31.3 Å². The Hall–Kier alpha value is -2.34. The van der Waals surface area contributed by atoms with E-state index < -0.39 is 0 Å². The molecule has 1 aromatic rings. The highest BCUT2D eigenvalue weighted by Crippen LogP contribution is 2.36. The number of aryl methyl sites for hydroxylation is 1. The fourth-order valence-electron chi connectivity index (χ4n) is 3.21. The number of thioether (sulfide) groups is 2. The third-order valence-electron chi connectivity index (χ3n) is 4.91. The maximum absolute atomic E-state index is 11.8. The molecule has 31 heavy (non-hydrogen) atoms. The summed E-state index contributed by atoms with van der Waals surface area (Å²) in [5, 5.41) is 4.77. The number of hydrogen-bond acceptors (Lipinski definition) is 7. The van der Waals surface area contributed by atoms with E-state index in [0.717, 1.165) is 50.7 Å². The summed E-state index contributed by atoms with van der Waals surface area (Å²) < 4.78 is 5.65. The van der Waals surface area contributed by atoms with Crippen molar-refractivity contribution in [2.45, 2.75) is 11.8 Å². The number of carbonyl (C=O) groups is 1. The van der Waals surface area contributed by atoms with E-state index in [-0.39, 0.29) is 5.91 Å². The zero-order valence-corrected chi connectivity index (χ0v) is 20.1. The summed E-state index contributed by atoms with van der Waals surface area (Å²) in [7, 11) is 3.55. The van der Waals surface area contributed by atoms with Gasteiger partial charge in [-0.15, -0.1) is 11.8 Å². The first-order chi connectivity index (χ1) is 14.9. The van der Waals surface area contributed by atoms with Gasteiger partial charge in [0.2, 0.25) is 5.91 Å². The van der Waals surface area contributed by atoms with Crippen LogP contribution in [-0.4, -0.2) is 72.7 Å². The molecule has 0 saturated carbocycles. The molecule has 1 fully saturated rings. The van der Waals surface area contributed by atoms with Crippen LogP contribution >= 0.6 is 23.5 Å². The van der Waals surface area contributed by atoms with Crippen LogP contribution in [0.15, 0.2) is 41.3 Å². The van der Waals surface area contributed by atoms with Crippen LogP contribution in [0.4, 0.5) is 0 Å². The van der Waals surface area contributed by atoms with Crippen molar-refractivity contribution in [3.05, 3.63) is 42.5 Å². The van der Waals surface area contributed by atoms with Gasteiger partial charge in [0.15, 0.2) is 0 Å². The topological polar surface area (TPSA) is 57.2 Å². The van der Waals surface area contributed by atoms with E-state index in [0.29, 0.717) is 19.6 Å². The first-order valence-corrected chi connectivity index (χ1v) is 11.9. The molecule has 8 heteroatoms. The van der Waals surface area contributed by atoms with Gasteiger partial charge < -0.3 is 19.9 Å². The molecule has 1 aliphatic rings. The lowest BCUT2D eigenvalue weighted by Gasteiger charge is -2.37. The average molecular weight is 459 g/mol. The van der Waals surface area contributed by atoms with Gasteiger partial charge in [0.05, 0.1) is 12.2 Å². The quantitative estimate of drug-likeness (QED) is 0.153. The average Bonchev–Trinajstić information content (AvgIpc) is 2.79. The third-order valence-corrected chi connectivity index (χ3v) is 7.18. The number of aliphatic imine (C=N–C) groups is 1. The molecule has 1 aliphatic heterocycles. The number of nitrogens with zero attached hydrogens (tertiary/aromatic N) is 3. The van der Waals surface area contributed by atoms with E-state index in [9.17, 15) is 4.79 Å². The predicted octanol–water partition coefficient (Wildman–Crippen LogP) is 3.30. The Morgan fingerprint density at radius 3 is 2.61 bits per heavy atom. The molecule has 0 atom stereocenters. The highest BCUT2D eigenvalue weighted by atomic mass is 32.2. The molecule has 0 spiro atoms. The Kier molecular flexibility index (Phi) is 10.0. The summed E-state index contributed by atoms with van der Waals surface area (Å²) in [6.45, 7) is 13.4. The fourth-order valence-corrected chi connectivity index (χ4v) is 5.35. The van der Waals surface area contributed by atoms with E-state index in [1.165, 1.54) is 6.08 Å². The van der Waals surface area contributed by atoms with Crippen molar-refractivity contribution in [1.82, 2.24) is 15.1 Å². The highest BCUT2D eigenvalue weighted by molar-refractivity contribution is 8.24. The van der Waals surface area contributed by atoms with Crippen molar-refractivity contribution < 1.29 is 9.53 Å². The van der Waals surface area contributed by atoms with Crippen LogP contribution in [0.25, 0.3) is 5.70 Å². The van der Waals surface area contributed by atoms with Gasteiger partial charge in [-0.25, -0.2) is 0 Å². The number of piperazine rings is 1. The summed E-state index contributed by atoms with van der Waals surface area (Å²) in [5.74, 6) is 0.772. The molecule has 1 heterocycles. The Bertz CT molecular complexity index is 884. The van der Waals surface area contributed by atoms with Crippen molar-refractivity contribution in [2.75, 3.05) is 52.0 Å². The molecular weight excluding hydrogens is 428 g/mol. The Balaban J connectivity index is 2.12. The van der Waals surface area contributed by atoms with Gasteiger partial charge in [0.25, 0.3) is 0 Å². The van der Waals surface area contributed by atoms with E-state index in [1.807, 2.05) is 11.9 Å². The largest absolute Gasteiger partial charge is 0.496 e. The molecule has 2 rings (SSSR count). The van der Waals surface area contributed by atoms with Crippen molar-refractivity contribution in [3.63, 3.8) is 0 Å². The van der Waals surface area contributed by atoms with Crippen LogP contribution in [0, 0.1) is 19.4 Å². The van der Waals surface area contributed by atoms with Gasteiger partial charge >= 0.3 is 0 Å². The van der Waals surface area contributed by atoms with Crippen molar-refractivity contribution in [3.8, 4) is 18.2 Å². The van der Waals surface area contributed by atoms with E-state index in [1.54, 1.807) is 30.6 Å². The molecule has 0 bridgehead atoms. The standard InChI is InChI=1S/C23H30N4O2S2/c1-7-23(28)27-11-9-26(10-12-27)18(4)19-14-21(17(3)13-20(19)29-6)30-16-31-22(15-24-5)25-8-2/h2,7,13-14,24H,1,4,9-12,15-16H2,3,5-6H3/b25-22-. The molecule has 0 aliphatic carbocycles. The lowest BCUT2D eigenvalue weighted by molar-refractivity contribution is -0.127. The predicted molar refractivity (Wildman–Crippen MR) is 134 cm³/mol. The Morgan fingerprint density at radius 2 is 2.03 bits per heavy atom. The number of nitrogens with one attached hydrogen (secondary N) is 1. The second-order valence-corrected chi connectivity index (χ2v) is 9.28. The first-order valence-electron chi connectivity index (χ1n) is 9.91. The fraction of sp³-hybridized carbons (Fsp3) is 0.391. The van der Waals surface area contributed by atoms with Crippen molar-refractivity contribution in [1.29, 1.82) is 0 Å². The molecule has 6 nitrogen and oxygen atoms in total. The number of amides is 1. The summed E-state index contributed by atoms with van der Waals surface area (Å²) in [6, 6.07) is 6.54. The maximum atomic E-state index is 11.8. The van der Waals surface area contributed by atoms with Crippen LogP contribution in [0.1, 0.15) is 11.1 Å². The second-order valence-electron chi connectivity index (χ2n) is 6.85. The second kappa shape index (κ2) is 12.5. The molecule has 166 valence electrons. The Labute approximate surface area is 194 Å². The molecular formula is C23H30N4O2S2. The maximum Gasteiger partial charge on any atom is 0.246 e. The van der Waals surface area contributed by atoms with Crippen LogP contribution in [-0.2, 0) is 4.79 Å². The molecule has 1 amide bonds. The first kappa shape index (κ1) is 24.9. The van der Waals surface area contributed by atoms with Crippen LogP contribution in [0.2, 0.25) is 0 Å². The minimum atomic E-state index is -0.0274. The van der Waals surface area contributed by atoms with Gasteiger partial charge in [-0.2, -0.15) is 4.99 Å². The van der Waals surface area contributed by atoms with Crippen LogP contribution in [0.3, 0.4) is 0 Å². The molecule has 0 radical (unpaired) electrons. The monoisotopic (exact) mass is 458 g/mol. The SMILES string of the molecule is C#C/N=C(/CNC)SCSc1cc(C(=C)N2CCN(C(=O)C=C)CC2)c(OC)cc1C. The summed E-state index contributed by atoms with van der Waals surface area (Å²) in [6.07, 6.45) is 6.68. The number of benzene rings is 1. The molecule has 0 unspecified atom stereocenters. The van der Waals surface area contributed by atoms with E-state index in [2.05, 4.69) is 53.5 Å². The summed E-state index contributed by atoms with van der Waals surface area (Å²) in [5.41, 5.74) is 3.02. The molecule has 1 aromatic carbocycles. The minimum Gasteiger partial charge on any atom is -0.496 e. The normalized spacial score (nSPS) is 14.2. The third kappa shape index (κ3) is 6.82. The van der Waals surface area contributed by atoms with Gasteiger partial charge in [0, 0.05) is 60.0 Å². The zero-order valence-electron chi connectivity index (χ0n) is 18.4. The lowest BCUT2D eigenvalue weighted by atomic mass is 10.1. The van der Waals surface area contributed by atoms with Gasteiger partial charge in [0.1, 0.15) is 5.75 Å². The highest BCUT2D eigenvalue weighted by Gasteiger charge is 2.23. The number of carbonyl (C=O) groups excluding carboxylic acids is 1. The van der Waals surface area contributed by atoms with Crippen molar-refractivity contribution >= 4 is 40.2 Å². The van der Waals surface area contributed by atoms with E-state index in [4.69, 9.17) is 11.2 Å². The van der Waals surface area contributed by atoms with Crippen LogP contribution < -0.4 is 10.1 Å². The number of hydrogen-bond donors (Lipinski definition) is 1. The van der Waals surface area contributed by atoms with E-state index >= 15 is 0 Å². The number of ether oxygens (including phenoxy) is 1.